The second-order valence-electron chi connectivity index (χ2n) is 10.6. The highest BCUT2D eigenvalue weighted by Gasteiger charge is 2.22. The van der Waals surface area contributed by atoms with Gasteiger partial charge >= 0.3 is 5.97 Å². The van der Waals surface area contributed by atoms with Gasteiger partial charge in [-0.2, -0.15) is 0 Å². The third-order valence-electron chi connectivity index (χ3n) is 7.70. The van der Waals surface area contributed by atoms with Gasteiger partial charge in [-0.25, -0.2) is 27.8 Å². The van der Waals surface area contributed by atoms with Gasteiger partial charge in [0.15, 0.2) is 17.3 Å². The van der Waals surface area contributed by atoms with Crippen LogP contribution >= 0.6 is 0 Å². The Hall–Kier alpha value is -5.14. The van der Waals surface area contributed by atoms with Gasteiger partial charge < -0.3 is 19.1 Å². The Labute approximate surface area is 250 Å². The van der Waals surface area contributed by atoms with E-state index < -0.39 is 23.4 Å². The van der Waals surface area contributed by atoms with Gasteiger partial charge in [-0.05, 0) is 72.0 Å². The summed E-state index contributed by atoms with van der Waals surface area (Å²) in [6.45, 7) is 7.86. The minimum Gasteiger partial charge on any atom is -0.486 e. The standard InChI is InChI=1S/C34H26F3N3O4/c1-38-25-9-6-24(29(37)17-25)19-44-32-15-21(7-10-27(32)35)20-4-5-22(28(36)13-20)16-33-39-30-11-8-23(34(41)42)14-31(30)40(33)18-26-3-2-12-43-26/h4-11,13-15,17,26H,2-3,12,16,18-19H2,(H,41,42). The summed E-state index contributed by atoms with van der Waals surface area (Å²) >= 11 is 0. The van der Waals surface area contributed by atoms with Crippen molar-refractivity contribution in [2.24, 2.45) is 0 Å². The summed E-state index contributed by atoms with van der Waals surface area (Å²) in [6.07, 6.45) is 1.92. The first kappa shape index (κ1) is 29.0. The van der Waals surface area contributed by atoms with Crippen molar-refractivity contribution >= 4 is 22.7 Å². The maximum Gasteiger partial charge on any atom is 0.335 e. The highest BCUT2D eigenvalue weighted by atomic mass is 19.1. The van der Waals surface area contributed by atoms with Crippen molar-refractivity contribution in [1.82, 2.24) is 9.55 Å². The van der Waals surface area contributed by atoms with Gasteiger partial charge in [0.05, 0.1) is 35.8 Å². The number of imidazole rings is 1. The predicted molar refractivity (Wildman–Crippen MR) is 157 cm³/mol. The topological polar surface area (TPSA) is 77.9 Å². The van der Waals surface area contributed by atoms with Crippen LogP contribution in [0.1, 0.15) is 40.2 Å². The molecule has 0 radical (unpaired) electrons. The molecular weight excluding hydrogens is 571 g/mol. The van der Waals surface area contributed by atoms with Crippen LogP contribution in [0.2, 0.25) is 0 Å². The zero-order valence-corrected chi connectivity index (χ0v) is 23.4. The van der Waals surface area contributed by atoms with Crippen LogP contribution in [0.25, 0.3) is 27.0 Å². The smallest absolute Gasteiger partial charge is 0.335 e. The fraction of sp³-hybridized carbons (Fsp3) is 0.206. The van der Waals surface area contributed by atoms with Crippen LogP contribution in [0, 0.1) is 24.0 Å². The van der Waals surface area contributed by atoms with Crippen LogP contribution in [-0.4, -0.2) is 33.3 Å². The number of carbonyl (C=O) groups is 1. The molecule has 0 aliphatic carbocycles. The molecule has 1 saturated heterocycles. The van der Waals surface area contributed by atoms with E-state index in [-0.39, 0.29) is 41.7 Å². The average molecular weight is 598 g/mol. The summed E-state index contributed by atoms with van der Waals surface area (Å²) < 4.78 is 57.6. The number of benzene rings is 4. The molecule has 0 spiro atoms. The maximum atomic E-state index is 15.5. The van der Waals surface area contributed by atoms with E-state index in [0.717, 1.165) is 18.9 Å². The van der Waals surface area contributed by atoms with E-state index in [9.17, 15) is 18.7 Å². The highest BCUT2D eigenvalue weighted by Crippen LogP contribution is 2.30. The Kier molecular flexibility index (Phi) is 8.05. The lowest BCUT2D eigenvalue weighted by Gasteiger charge is -2.15. The molecule has 1 atom stereocenters. The molecule has 1 N–H and O–H groups in total. The molecule has 6 rings (SSSR count). The number of rotatable bonds is 9. The number of fused-ring (bicyclic) bond motifs is 1. The van der Waals surface area contributed by atoms with Crippen LogP contribution in [-0.2, 0) is 24.3 Å². The Balaban J connectivity index is 1.25. The first-order valence-corrected chi connectivity index (χ1v) is 14.0. The highest BCUT2D eigenvalue weighted by molar-refractivity contribution is 5.92. The number of nitrogens with zero attached hydrogens (tertiary/aromatic N) is 3. The molecule has 0 amide bonds. The summed E-state index contributed by atoms with van der Waals surface area (Å²) in [5.74, 6) is -2.35. The number of carboxylic acids is 1. The molecule has 1 aliphatic rings. The molecule has 0 saturated carbocycles. The Morgan fingerprint density at radius 2 is 1.75 bits per heavy atom. The van der Waals surface area contributed by atoms with Crippen molar-refractivity contribution < 1.29 is 32.5 Å². The van der Waals surface area contributed by atoms with E-state index in [4.69, 9.17) is 21.0 Å². The zero-order chi connectivity index (χ0) is 30.8. The number of ether oxygens (including phenoxy) is 2. The SMILES string of the molecule is [C-]#[N+]c1ccc(COc2cc(-c3ccc(Cc4nc5ccc(C(=O)O)cc5n4CC4CCCO4)c(F)c3)ccc2F)c(F)c1. The van der Waals surface area contributed by atoms with Crippen LogP contribution in [0.15, 0.2) is 72.8 Å². The van der Waals surface area contributed by atoms with Gasteiger partial charge in [0, 0.05) is 18.6 Å². The molecule has 1 fully saturated rings. The van der Waals surface area contributed by atoms with Crippen molar-refractivity contribution in [3.63, 3.8) is 0 Å². The van der Waals surface area contributed by atoms with Crippen LogP contribution in [0.4, 0.5) is 18.9 Å². The second kappa shape index (κ2) is 12.2. The van der Waals surface area contributed by atoms with Crippen LogP contribution in [0.5, 0.6) is 5.75 Å². The monoisotopic (exact) mass is 597 g/mol. The minimum atomic E-state index is -1.04. The van der Waals surface area contributed by atoms with Crippen LogP contribution < -0.4 is 4.74 Å². The molecule has 2 heterocycles. The van der Waals surface area contributed by atoms with E-state index in [2.05, 4.69) is 4.85 Å². The predicted octanol–water partition coefficient (Wildman–Crippen LogP) is 7.72. The fourth-order valence-electron chi connectivity index (χ4n) is 5.35. The number of aromatic carboxylic acids is 1. The fourth-order valence-corrected chi connectivity index (χ4v) is 5.35. The molecule has 5 aromatic rings. The second-order valence-corrected chi connectivity index (χ2v) is 10.6. The van der Waals surface area contributed by atoms with E-state index in [1.807, 2.05) is 4.57 Å². The molecule has 222 valence electrons. The van der Waals surface area contributed by atoms with E-state index in [1.165, 1.54) is 42.5 Å². The number of halogens is 3. The van der Waals surface area contributed by atoms with Gasteiger partial charge in [-0.1, -0.05) is 30.3 Å². The Bertz CT molecular complexity index is 1930. The Morgan fingerprint density at radius 1 is 0.977 bits per heavy atom. The van der Waals surface area contributed by atoms with Gasteiger partial charge in [0.25, 0.3) is 0 Å². The van der Waals surface area contributed by atoms with E-state index in [0.29, 0.717) is 46.7 Å². The summed E-state index contributed by atoms with van der Waals surface area (Å²) in [6, 6.07) is 17.5. The maximum absolute atomic E-state index is 15.5. The molecule has 4 aromatic carbocycles. The van der Waals surface area contributed by atoms with Crippen molar-refractivity contribution in [2.75, 3.05) is 6.61 Å². The van der Waals surface area contributed by atoms with E-state index >= 15 is 4.39 Å². The third kappa shape index (κ3) is 6.00. The summed E-state index contributed by atoms with van der Waals surface area (Å²) in [4.78, 5) is 19.5. The number of aromatic nitrogens is 2. The Morgan fingerprint density at radius 3 is 2.48 bits per heavy atom. The average Bonchev–Trinajstić information content (AvgIpc) is 3.66. The molecule has 10 heteroatoms. The summed E-state index contributed by atoms with van der Waals surface area (Å²) in [7, 11) is 0. The van der Waals surface area contributed by atoms with Crippen molar-refractivity contribution in [3.05, 3.63) is 124 Å². The first-order chi connectivity index (χ1) is 21.3. The molecule has 1 aromatic heterocycles. The number of hydrogen-bond acceptors (Lipinski definition) is 4. The van der Waals surface area contributed by atoms with Gasteiger partial charge in [0.1, 0.15) is 24.1 Å². The van der Waals surface area contributed by atoms with E-state index in [1.54, 1.807) is 24.3 Å². The van der Waals surface area contributed by atoms with Crippen LogP contribution in [0.3, 0.4) is 0 Å². The number of carboxylic acid groups (broad SMARTS) is 1. The molecule has 44 heavy (non-hydrogen) atoms. The number of hydrogen-bond donors (Lipinski definition) is 1. The summed E-state index contributed by atoms with van der Waals surface area (Å²) in [5, 5.41) is 9.50. The normalized spacial score (nSPS) is 14.5. The third-order valence-corrected chi connectivity index (χ3v) is 7.70. The minimum absolute atomic E-state index is 0.0450. The quantitative estimate of drug-likeness (QED) is 0.176. The first-order valence-electron chi connectivity index (χ1n) is 14.0. The zero-order valence-electron chi connectivity index (χ0n) is 23.4. The van der Waals surface area contributed by atoms with Gasteiger partial charge in [-0.3, -0.25) is 0 Å². The molecule has 7 nitrogen and oxygen atoms in total. The summed E-state index contributed by atoms with van der Waals surface area (Å²) in [5.41, 5.74) is 3.09. The molecule has 1 aliphatic heterocycles. The molecule has 0 bridgehead atoms. The lowest BCUT2D eigenvalue weighted by Crippen LogP contribution is -2.17. The lowest BCUT2D eigenvalue weighted by atomic mass is 10.0. The van der Waals surface area contributed by atoms with Crippen molar-refractivity contribution in [3.8, 4) is 16.9 Å². The van der Waals surface area contributed by atoms with Crippen molar-refractivity contribution in [1.29, 1.82) is 0 Å². The van der Waals surface area contributed by atoms with Gasteiger partial charge in [0.2, 0.25) is 0 Å². The largest absolute Gasteiger partial charge is 0.486 e. The molecular formula is C34H26F3N3O4. The lowest BCUT2D eigenvalue weighted by molar-refractivity contribution is 0.0697. The van der Waals surface area contributed by atoms with Crippen molar-refractivity contribution in [2.45, 2.75) is 38.5 Å². The molecule has 1 unspecified atom stereocenters. The van der Waals surface area contributed by atoms with Gasteiger partial charge in [-0.15, -0.1) is 0 Å².